The largest absolute Gasteiger partial charge is 0.253 e. The Balaban J connectivity index is 3.01. The van der Waals surface area contributed by atoms with Gasteiger partial charge in [0, 0.05) is 13.1 Å². The third-order valence-electron chi connectivity index (χ3n) is 2.31. The van der Waals surface area contributed by atoms with Crippen LogP contribution >= 0.6 is 12.8 Å². The molecule has 0 spiro atoms. The van der Waals surface area contributed by atoms with Gasteiger partial charge < -0.3 is 0 Å². The van der Waals surface area contributed by atoms with Gasteiger partial charge in [-0.3, -0.25) is 4.31 Å². The molecular weight excluding hydrogens is 190 g/mol. The zero-order valence-corrected chi connectivity index (χ0v) is 10.4. The van der Waals surface area contributed by atoms with Crippen molar-refractivity contribution in [3.05, 3.63) is 12.7 Å². The van der Waals surface area contributed by atoms with Gasteiger partial charge in [0.25, 0.3) is 0 Å². The summed E-state index contributed by atoms with van der Waals surface area (Å²) in [6.45, 7) is 8.16. The molecule has 1 nitrogen and oxygen atoms in total. The maximum atomic E-state index is 4.39. The molecule has 0 saturated carbocycles. The smallest absolute Gasteiger partial charge is 0.00869 e. The third-order valence-corrected chi connectivity index (χ3v) is 2.71. The summed E-state index contributed by atoms with van der Waals surface area (Å²) in [5.41, 5.74) is 0. The normalized spacial score (nSPS) is 10.8. The van der Waals surface area contributed by atoms with Crippen molar-refractivity contribution in [3.63, 3.8) is 0 Å². The molecule has 0 rings (SSSR count). The van der Waals surface area contributed by atoms with E-state index in [0.717, 1.165) is 13.1 Å². The van der Waals surface area contributed by atoms with E-state index >= 15 is 0 Å². The van der Waals surface area contributed by atoms with Gasteiger partial charge in [-0.05, 0) is 25.7 Å². The second-order valence-corrected chi connectivity index (χ2v) is 4.36. The Kier molecular flexibility index (Phi) is 11.2. The van der Waals surface area contributed by atoms with Gasteiger partial charge >= 0.3 is 0 Å². The topological polar surface area (TPSA) is 3.24 Å². The molecule has 0 amide bonds. The van der Waals surface area contributed by atoms with Gasteiger partial charge in [-0.2, -0.15) is 0 Å². The highest BCUT2D eigenvalue weighted by atomic mass is 32.1. The van der Waals surface area contributed by atoms with E-state index in [1.807, 2.05) is 6.08 Å². The molecule has 0 aromatic heterocycles. The first-order chi connectivity index (χ1) is 6.81. The first kappa shape index (κ1) is 14.1. The van der Waals surface area contributed by atoms with E-state index < -0.39 is 0 Å². The average molecular weight is 215 g/mol. The molecule has 0 unspecified atom stereocenters. The summed E-state index contributed by atoms with van der Waals surface area (Å²) < 4.78 is 2.13. The van der Waals surface area contributed by atoms with E-state index in [0.29, 0.717) is 0 Å². The van der Waals surface area contributed by atoms with E-state index in [-0.39, 0.29) is 0 Å². The van der Waals surface area contributed by atoms with Crippen molar-refractivity contribution in [1.29, 1.82) is 0 Å². The fraction of sp³-hybridized carbons (Fsp3) is 0.833. The Hall–Kier alpha value is 0.0500. The number of nitrogens with zero attached hydrogens (tertiary/aromatic N) is 1. The molecule has 0 aromatic rings. The Bertz CT molecular complexity index is 125. The molecule has 0 saturated heterocycles. The predicted molar refractivity (Wildman–Crippen MR) is 68.7 cm³/mol. The number of thiol groups is 1. The standard InChI is InChI=1S/C12H25NS/c1-3-5-6-7-8-9-10-12-13(14)11-4-2/h3,14H,1,4-12H2,2H3. The summed E-state index contributed by atoms with van der Waals surface area (Å²) in [7, 11) is 0. The summed E-state index contributed by atoms with van der Waals surface area (Å²) in [4.78, 5) is 0. The summed E-state index contributed by atoms with van der Waals surface area (Å²) in [6.07, 6.45) is 11.0. The van der Waals surface area contributed by atoms with Crippen molar-refractivity contribution in [2.24, 2.45) is 0 Å². The van der Waals surface area contributed by atoms with Crippen LogP contribution in [0.1, 0.15) is 51.9 Å². The van der Waals surface area contributed by atoms with Gasteiger partial charge in [0.2, 0.25) is 0 Å². The van der Waals surface area contributed by atoms with Crippen LogP contribution in [0.15, 0.2) is 12.7 Å². The van der Waals surface area contributed by atoms with Crippen molar-refractivity contribution in [2.75, 3.05) is 13.1 Å². The highest BCUT2D eigenvalue weighted by molar-refractivity contribution is 7.77. The minimum absolute atomic E-state index is 1.11. The van der Waals surface area contributed by atoms with Crippen molar-refractivity contribution in [2.45, 2.75) is 51.9 Å². The zero-order valence-electron chi connectivity index (χ0n) is 9.54. The van der Waals surface area contributed by atoms with Crippen LogP contribution in [0.25, 0.3) is 0 Å². The average Bonchev–Trinajstić information content (AvgIpc) is 2.17. The van der Waals surface area contributed by atoms with E-state index in [4.69, 9.17) is 0 Å². The van der Waals surface area contributed by atoms with Gasteiger partial charge in [0.05, 0.1) is 0 Å². The molecule has 0 atom stereocenters. The molecular formula is C12H25NS. The van der Waals surface area contributed by atoms with E-state index in [2.05, 4.69) is 30.6 Å². The van der Waals surface area contributed by atoms with Crippen LogP contribution in [0.3, 0.4) is 0 Å². The SMILES string of the molecule is C=CCCCCCCCN(S)CCC. The molecule has 0 aliphatic carbocycles. The predicted octanol–water partition coefficient (Wildman–Crippen LogP) is 4.07. The second-order valence-electron chi connectivity index (χ2n) is 3.80. The molecule has 0 radical (unpaired) electrons. The second kappa shape index (κ2) is 11.1. The summed E-state index contributed by atoms with van der Waals surface area (Å²) in [5.74, 6) is 0. The fourth-order valence-electron chi connectivity index (χ4n) is 1.48. The van der Waals surface area contributed by atoms with Gasteiger partial charge in [0.1, 0.15) is 0 Å². The quantitative estimate of drug-likeness (QED) is 0.327. The molecule has 2 heteroatoms. The number of allylic oxidation sites excluding steroid dienone is 1. The molecule has 0 N–H and O–H groups in total. The Morgan fingerprint density at radius 1 is 1.07 bits per heavy atom. The van der Waals surface area contributed by atoms with Crippen molar-refractivity contribution >= 4 is 12.8 Å². The van der Waals surface area contributed by atoms with Crippen molar-refractivity contribution in [3.8, 4) is 0 Å². The lowest BCUT2D eigenvalue weighted by atomic mass is 10.1. The highest BCUT2D eigenvalue weighted by Crippen LogP contribution is 2.07. The third kappa shape index (κ3) is 10.1. The van der Waals surface area contributed by atoms with Crippen LogP contribution in [-0.2, 0) is 0 Å². The molecule has 0 aliphatic rings. The molecule has 0 aliphatic heterocycles. The first-order valence-electron chi connectivity index (χ1n) is 5.86. The van der Waals surface area contributed by atoms with Gasteiger partial charge in [-0.1, -0.05) is 45.1 Å². The number of unbranched alkanes of at least 4 members (excludes halogenated alkanes) is 5. The van der Waals surface area contributed by atoms with Crippen LogP contribution in [0, 0.1) is 0 Å². The van der Waals surface area contributed by atoms with Crippen LogP contribution in [-0.4, -0.2) is 17.4 Å². The lowest BCUT2D eigenvalue weighted by molar-refractivity contribution is 0.448. The van der Waals surface area contributed by atoms with E-state index in [1.165, 1.54) is 44.9 Å². The summed E-state index contributed by atoms with van der Waals surface area (Å²) in [6, 6.07) is 0. The zero-order chi connectivity index (χ0) is 10.6. The van der Waals surface area contributed by atoms with Gasteiger partial charge in [-0.15, -0.1) is 6.58 Å². The van der Waals surface area contributed by atoms with Gasteiger partial charge in [0.15, 0.2) is 0 Å². The van der Waals surface area contributed by atoms with Gasteiger partial charge in [-0.25, -0.2) is 0 Å². The molecule has 84 valence electrons. The van der Waals surface area contributed by atoms with Crippen LogP contribution in [0.5, 0.6) is 0 Å². The Morgan fingerprint density at radius 2 is 1.71 bits per heavy atom. The van der Waals surface area contributed by atoms with Crippen LogP contribution in [0.4, 0.5) is 0 Å². The molecule has 14 heavy (non-hydrogen) atoms. The number of hydrogen-bond donors (Lipinski definition) is 1. The number of rotatable bonds is 10. The molecule has 0 bridgehead atoms. The summed E-state index contributed by atoms with van der Waals surface area (Å²) in [5, 5.41) is 0. The van der Waals surface area contributed by atoms with Crippen molar-refractivity contribution < 1.29 is 0 Å². The van der Waals surface area contributed by atoms with E-state index in [9.17, 15) is 0 Å². The molecule has 0 fully saturated rings. The van der Waals surface area contributed by atoms with Crippen LogP contribution < -0.4 is 0 Å². The first-order valence-corrected chi connectivity index (χ1v) is 6.26. The minimum Gasteiger partial charge on any atom is -0.253 e. The maximum Gasteiger partial charge on any atom is 0.00869 e. The highest BCUT2D eigenvalue weighted by Gasteiger charge is 1.96. The lowest BCUT2D eigenvalue weighted by Crippen LogP contribution is -2.14. The Labute approximate surface area is 95.1 Å². The fourth-order valence-corrected chi connectivity index (χ4v) is 1.82. The summed E-state index contributed by atoms with van der Waals surface area (Å²) >= 11 is 4.39. The number of hydrogen-bond acceptors (Lipinski definition) is 2. The lowest BCUT2D eigenvalue weighted by Gasteiger charge is -2.13. The van der Waals surface area contributed by atoms with Crippen LogP contribution in [0.2, 0.25) is 0 Å². The minimum atomic E-state index is 1.11. The Morgan fingerprint density at radius 3 is 2.36 bits per heavy atom. The molecule has 0 heterocycles. The van der Waals surface area contributed by atoms with Crippen molar-refractivity contribution in [1.82, 2.24) is 4.31 Å². The molecule has 0 aromatic carbocycles. The van der Waals surface area contributed by atoms with E-state index in [1.54, 1.807) is 0 Å². The maximum absolute atomic E-state index is 4.39. The monoisotopic (exact) mass is 215 g/mol.